The fourth-order valence-electron chi connectivity index (χ4n) is 3.27. The maximum atomic E-state index is 13.1. The van der Waals surface area contributed by atoms with Gasteiger partial charge in [0.15, 0.2) is 5.69 Å². The minimum absolute atomic E-state index is 0.0187. The van der Waals surface area contributed by atoms with Crippen molar-refractivity contribution in [1.29, 1.82) is 0 Å². The van der Waals surface area contributed by atoms with Gasteiger partial charge in [0.25, 0.3) is 5.91 Å². The molecule has 4 rings (SSSR count). The van der Waals surface area contributed by atoms with Gasteiger partial charge in [0.2, 0.25) is 10.0 Å². The van der Waals surface area contributed by atoms with Crippen LogP contribution in [0.15, 0.2) is 46.7 Å². The lowest BCUT2D eigenvalue weighted by Crippen LogP contribution is -2.50. The summed E-state index contributed by atoms with van der Waals surface area (Å²) in [7, 11) is -2.39. The first kappa shape index (κ1) is 20.9. The summed E-state index contributed by atoms with van der Waals surface area (Å²) in [6, 6.07) is 10.1. The Hall–Kier alpha value is -2.40. The van der Waals surface area contributed by atoms with E-state index in [1.54, 1.807) is 28.4 Å². The quantitative estimate of drug-likeness (QED) is 0.623. The number of H-pyrrole nitrogens is 1. The second-order valence-electron chi connectivity index (χ2n) is 6.64. The molecule has 3 heterocycles. The average Bonchev–Trinajstić information content (AvgIpc) is 3.45. The average molecular weight is 467 g/mol. The molecule has 11 heteroatoms. The van der Waals surface area contributed by atoms with Crippen molar-refractivity contribution in [3.05, 3.63) is 52.5 Å². The van der Waals surface area contributed by atoms with Crippen molar-refractivity contribution >= 4 is 38.9 Å². The highest BCUT2D eigenvalue weighted by Crippen LogP contribution is 2.30. The number of nitrogens with zero attached hydrogens (tertiary/aromatic N) is 3. The number of thiophene rings is 1. The number of hydrogen-bond donors (Lipinski definition) is 1. The fourth-order valence-corrected chi connectivity index (χ4v) is 5.81. The van der Waals surface area contributed by atoms with Crippen molar-refractivity contribution in [3.8, 4) is 16.3 Å². The number of sulfonamides is 1. The molecule has 0 aliphatic carbocycles. The minimum atomic E-state index is -3.80. The Balaban J connectivity index is 1.46. The first-order valence-electron chi connectivity index (χ1n) is 9.12. The van der Waals surface area contributed by atoms with Crippen molar-refractivity contribution in [1.82, 2.24) is 19.4 Å². The number of aromatic amines is 1. The SMILES string of the molecule is COc1ccc(Cl)cc1S(=O)(=O)N1CCN(C(=O)c2cc(-c3cccs3)[nH]n2)CC1. The van der Waals surface area contributed by atoms with Gasteiger partial charge < -0.3 is 9.64 Å². The molecule has 8 nitrogen and oxygen atoms in total. The number of piperazine rings is 1. The maximum Gasteiger partial charge on any atom is 0.274 e. The molecular formula is C19H19ClN4O4S2. The molecule has 1 aliphatic heterocycles. The van der Waals surface area contributed by atoms with Crippen LogP contribution in [0.1, 0.15) is 10.5 Å². The molecule has 0 bridgehead atoms. The van der Waals surface area contributed by atoms with Gasteiger partial charge >= 0.3 is 0 Å². The lowest BCUT2D eigenvalue weighted by Gasteiger charge is -2.33. The van der Waals surface area contributed by atoms with E-state index in [0.717, 1.165) is 10.6 Å². The minimum Gasteiger partial charge on any atom is -0.495 e. The number of carbonyl (C=O) groups excluding carboxylic acids is 1. The van der Waals surface area contributed by atoms with Crippen LogP contribution in [0.2, 0.25) is 5.02 Å². The van der Waals surface area contributed by atoms with Gasteiger partial charge in [-0.05, 0) is 35.7 Å². The molecule has 0 spiro atoms. The summed E-state index contributed by atoms with van der Waals surface area (Å²) in [5, 5.41) is 9.26. The summed E-state index contributed by atoms with van der Waals surface area (Å²) < 4.78 is 32.7. The lowest BCUT2D eigenvalue weighted by atomic mass is 10.2. The summed E-state index contributed by atoms with van der Waals surface area (Å²) >= 11 is 7.54. The van der Waals surface area contributed by atoms with Gasteiger partial charge in [-0.3, -0.25) is 9.89 Å². The number of nitrogens with one attached hydrogen (secondary N) is 1. The van der Waals surface area contributed by atoms with Crippen molar-refractivity contribution in [2.45, 2.75) is 4.90 Å². The van der Waals surface area contributed by atoms with Crippen LogP contribution in [-0.2, 0) is 10.0 Å². The highest BCUT2D eigenvalue weighted by atomic mass is 35.5. The Kier molecular flexibility index (Phi) is 5.83. The highest BCUT2D eigenvalue weighted by Gasteiger charge is 2.33. The third-order valence-electron chi connectivity index (χ3n) is 4.85. The van der Waals surface area contributed by atoms with Crippen molar-refractivity contribution in [3.63, 3.8) is 0 Å². The Morgan fingerprint density at radius 2 is 1.97 bits per heavy atom. The summed E-state index contributed by atoms with van der Waals surface area (Å²) in [4.78, 5) is 15.4. The largest absolute Gasteiger partial charge is 0.495 e. The number of methoxy groups -OCH3 is 1. The van der Waals surface area contributed by atoms with Crippen molar-refractivity contribution < 1.29 is 17.9 Å². The lowest BCUT2D eigenvalue weighted by molar-refractivity contribution is 0.0692. The molecule has 1 aromatic carbocycles. The molecule has 1 aliphatic rings. The van der Waals surface area contributed by atoms with E-state index < -0.39 is 10.0 Å². The topological polar surface area (TPSA) is 95.6 Å². The standard InChI is InChI=1S/C19H19ClN4O4S2/c1-28-16-5-4-13(20)11-18(16)30(26,27)24-8-6-23(7-9-24)19(25)15-12-14(21-22-15)17-3-2-10-29-17/h2-5,10-12H,6-9H2,1H3,(H,21,22). The van der Waals surface area contributed by atoms with E-state index in [0.29, 0.717) is 10.7 Å². The van der Waals surface area contributed by atoms with E-state index in [1.165, 1.54) is 23.5 Å². The van der Waals surface area contributed by atoms with Gasteiger partial charge in [-0.1, -0.05) is 17.7 Å². The number of benzene rings is 1. The van der Waals surface area contributed by atoms with Crippen molar-refractivity contribution in [2.24, 2.45) is 0 Å². The van der Waals surface area contributed by atoms with E-state index in [9.17, 15) is 13.2 Å². The number of ether oxygens (including phenoxy) is 1. The number of aromatic nitrogens is 2. The molecule has 1 fully saturated rings. The molecule has 2 aromatic heterocycles. The molecule has 158 valence electrons. The first-order chi connectivity index (χ1) is 14.4. The maximum absolute atomic E-state index is 13.1. The van der Waals surface area contributed by atoms with Crippen LogP contribution in [0, 0.1) is 0 Å². The predicted molar refractivity (Wildman–Crippen MR) is 115 cm³/mol. The van der Waals surface area contributed by atoms with Gasteiger partial charge in [-0.25, -0.2) is 8.42 Å². The van der Waals surface area contributed by atoms with Crippen LogP contribution >= 0.6 is 22.9 Å². The van der Waals surface area contributed by atoms with Crippen LogP contribution < -0.4 is 4.74 Å². The van der Waals surface area contributed by atoms with E-state index >= 15 is 0 Å². The van der Waals surface area contributed by atoms with Crippen LogP contribution in [0.5, 0.6) is 5.75 Å². The Bertz CT molecular complexity index is 1150. The van der Waals surface area contributed by atoms with Crippen LogP contribution in [0.4, 0.5) is 0 Å². The number of rotatable bonds is 5. The van der Waals surface area contributed by atoms with Gasteiger partial charge in [-0.15, -0.1) is 11.3 Å². The Labute approximate surface area is 183 Å². The number of carbonyl (C=O) groups is 1. The van der Waals surface area contributed by atoms with E-state index in [2.05, 4.69) is 10.2 Å². The second-order valence-corrected chi connectivity index (χ2v) is 9.93. The molecule has 1 saturated heterocycles. The molecular weight excluding hydrogens is 448 g/mol. The third-order valence-corrected chi connectivity index (χ3v) is 7.91. The van der Waals surface area contributed by atoms with Crippen LogP contribution in [0.3, 0.4) is 0 Å². The zero-order chi connectivity index (χ0) is 21.3. The molecule has 0 radical (unpaired) electrons. The highest BCUT2D eigenvalue weighted by molar-refractivity contribution is 7.89. The molecule has 1 N–H and O–H groups in total. The first-order valence-corrected chi connectivity index (χ1v) is 11.8. The molecule has 30 heavy (non-hydrogen) atoms. The zero-order valence-corrected chi connectivity index (χ0v) is 18.4. The Morgan fingerprint density at radius 1 is 1.20 bits per heavy atom. The zero-order valence-electron chi connectivity index (χ0n) is 16.0. The normalized spacial score (nSPS) is 15.3. The molecule has 3 aromatic rings. The summed E-state index contributed by atoms with van der Waals surface area (Å²) in [5.41, 5.74) is 1.09. The number of halogens is 1. The predicted octanol–water partition coefficient (Wildman–Crippen LogP) is 2.95. The van der Waals surface area contributed by atoms with Gasteiger partial charge in [0.05, 0.1) is 17.7 Å². The number of hydrogen-bond acceptors (Lipinski definition) is 6. The molecule has 0 unspecified atom stereocenters. The van der Waals surface area contributed by atoms with Gasteiger partial charge in [0.1, 0.15) is 10.6 Å². The van der Waals surface area contributed by atoms with E-state index in [4.69, 9.17) is 16.3 Å². The Morgan fingerprint density at radius 3 is 2.63 bits per heavy atom. The van der Waals surface area contributed by atoms with E-state index in [-0.39, 0.29) is 42.7 Å². The molecule has 1 amide bonds. The fraction of sp³-hybridized carbons (Fsp3) is 0.263. The van der Waals surface area contributed by atoms with Gasteiger partial charge in [-0.2, -0.15) is 9.40 Å². The summed E-state index contributed by atoms with van der Waals surface area (Å²) in [5.74, 6) is 0.00183. The number of amides is 1. The van der Waals surface area contributed by atoms with Crippen LogP contribution in [-0.4, -0.2) is 67.0 Å². The molecule has 0 atom stereocenters. The summed E-state index contributed by atoms with van der Waals surface area (Å²) in [6.45, 7) is 0.877. The van der Waals surface area contributed by atoms with Gasteiger partial charge in [0, 0.05) is 31.2 Å². The molecule has 0 saturated carbocycles. The smallest absolute Gasteiger partial charge is 0.274 e. The van der Waals surface area contributed by atoms with Crippen molar-refractivity contribution in [2.75, 3.05) is 33.3 Å². The van der Waals surface area contributed by atoms with E-state index in [1.807, 2.05) is 17.5 Å². The van der Waals surface area contributed by atoms with Crippen LogP contribution in [0.25, 0.3) is 10.6 Å². The monoisotopic (exact) mass is 466 g/mol. The third kappa shape index (κ3) is 3.95. The summed E-state index contributed by atoms with van der Waals surface area (Å²) in [6.07, 6.45) is 0. The second kappa shape index (κ2) is 8.38.